The summed E-state index contributed by atoms with van der Waals surface area (Å²) in [5, 5.41) is 15.9. The molecule has 18 heavy (non-hydrogen) atoms. The first-order valence-corrected chi connectivity index (χ1v) is 6.62. The molecule has 1 aromatic heterocycles. The van der Waals surface area contributed by atoms with Crippen LogP contribution in [0, 0.1) is 5.41 Å². The highest BCUT2D eigenvalue weighted by Gasteiger charge is 2.31. The SMILES string of the molecule is CNc1cncc(NCC2(CO)CCCCC2)n1. The lowest BCUT2D eigenvalue weighted by molar-refractivity contribution is 0.0943. The van der Waals surface area contributed by atoms with Gasteiger partial charge in [0.2, 0.25) is 0 Å². The Kier molecular flexibility index (Phi) is 4.36. The summed E-state index contributed by atoms with van der Waals surface area (Å²) in [6.45, 7) is 1.02. The Labute approximate surface area is 108 Å². The summed E-state index contributed by atoms with van der Waals surface area (Å²) in [6.07, 6.45) is 9.30. The predicted octanol–water partition coefficient (Wildman–Crippen LogP) is 1.87. The van der Waals surface area contributed by atoms with E-state index in [1.165, 1.54) is 19.3 Å². The van der Waals surface area contributed by atoms with Gasteiger partial charge in [-0.2, -0.15) is 0 Å². The zero-order valence-corrected chi connectivity index (χ0v) is 10.9. The largest absolute Gasteiger partial charge is 0.396 e. The third-order valence-electron chi connectivity index (χ3n) is 3.78. The first kappa shape index (κ1) is 13.1. The van der Waals surface area contributed by atoms with Gasteiger partial charge in [0.1, 0.15) is 11.6 Å². The molecule has 1 fully saturated rings. The molecular weight excluding hydrogens is 228 g/mol. The van der Waals surface area contributed by atoms with E-state index in [0.717, 1.165) is 31.0 Å². The molecule has 5 heteroatoms. The van der Waals surface area contributed by atoms with Crippen molar-refractivity contribution in [3.63, 3.8) is 0 Å². The molecule has 100 valence electrons. The molecular formula is C13H22N4O. The lowest BCUT2D eigenvalue weighted by Gasteiger charge is -2.35. The van der Waals surface area contributed by atoms with Crippen molar-refractivity contribution in [2.45, 2.75) is 32.1 Å². The summed E-state index contributed by atoms with van der Waals surface area (Å²) in [5.74, 6) is 1.52. The van der Waals surface area contributed by atoms with Crippen molar-refractivity contribution in [1.82, 2.24) is 9.97 Å². The quantitative estimate of drug-likeness (QED) is 0.744. The van der Waals surface area contributed by atoms with E-state index >= 15 is 0 Å². The van der Waals surface area contributed by atoms with E-state index in [1.54, 1.807) is 12.4 Å². The first-order chi connectivity index (χ1) is 8.78. The second-order valence-electron chi connectivity index (χ2n) is 5.11. The van der Waals surface area contributed by atoms with Gasteiger partial charge in [-0.25, -0.2) is 4.98 Å². The molecule has 5 nitrogen and oxygen atoms in total. The van der Waals surface area contributed by atoms with Crippen LogP contribution >= 0.6 is 0 Å². The van der Waals surface area contributed by atoms with Crippen LogP contribution in [0.3, 0.4) is 0 Å². The Morgan fingerprint density at radius 1 is 1.22 bits per heavy atom. The van der Waals surface area contributed by atoms with E-state index in [2.05, 4.69) is 20.6 Å². The number of hydrogen-bond donors (Lipinski definition) is 3. The number of aromatic nitrogens is 2. The van der Waals surface area contributed by atoms with Crippen molar-refractivity contribution >= 4 is 11.6 Å². The maximum absolute atomic E-state index is 9.63. The molecule has 0 atom stereocenters. The lowest BCUT2D eigenvalue weighted by atomic mass is 9.74. The minimum absolute atomic E-state index is 0.0234. The monoisotopic (exact) mass is 250 g/mol. The van der Waals surface area contributed by atoms with Crippen LogP contribution in [0.1, 0.15) is 32.1 Å². The standard InChI is InChI=1S/C13H22N4O/c1-14-11-7-15-8-12(17-11)16-9-13(10-18)5-3-2-4-6-13/h7-8,18H,2-6,9-10H2,1H3,(H2,14,16,17). The van der Waals surface area contributed by atoms with Gasteiger partial charge in [0, 0.05) is 19.0 Å². The Balaban J connectivity index is 1.96. The van der Waals surface area contributed by atoms with E-state index in [1.807, 2.05) is 7.05 Å². The van der Waals surface area contributed by atoms with Crippen LogP contribution in [0.5, 0.6) is 0 Å². The topological polar surface area (TPSA) is 70.1 Å². The number of anilines is 2. The normalized spacial score (nSPS) is 18.3. The van der Waals surface area contributed by atoms with E-state index in [-0.39, 0.29) is 12.0 Å². The molecule has 0 radical (unpaired) electrons. The summed E-state index contributed by atoms with van der Waals surface area (Å²) in [6, 6.07) is 0. The maximum Gasteiger partial charge on any atom is 0.146 e. The van der Waals surface area contributed by atoms with E-state index in [9.17, 15) is 5.11 Å². The molecule has 0 aromatic carbocycles. The maximum atomic E-state index is 9.63. The smallest absolute Gasteiger partial charge is 0.146 e. The van der Waals surface area contributed by atoms with Crippen LogP contribution < -0.4 is 10.6 Å². The lowest BCUT2D eigenvalue weighted by Crippen LogP contribution is -2.35. The molecule has 0 amide bonds. The van der Waals surface area contributed by atoms with Gasteiger partial charge in [-0.3, -0.25) is 4.98 Å². The summed E-state index contributed by atoms with van der Waals surface area (Å²) in [5.41, 5.74) is 0.0234. The van der Waals surface area contributed by atoms with Crippen LogP contribution in [-0.4, -0.2) is 35.3 Å². The zero-order chi connectivity index (χ0) is 12.8. The second kappa shape index (κ2) is 6.00. The van der Waals surface area contributed by atoms with Crippen LogP contribution in [0.2, 0.25) is 0 Å². The Morgan fingerprint density at radius 3 is 2.61 bits per heavy atom. The fourth-order valence-electron chi connectivity index (χ4n) is 2.54. The van der Waals surface area contributed by atoms with Crippen molar-refractivity contribution in [1.29, 1.82) is 0 Å². The van der Waals surface area contributed by atoms with Gasteiger partial charge in [0.15, 0.2) is 0 Å². The molecule has 0 spiro atoms. The fraction of sp³-hybridized carbons (Fsp3) is 0.692. The van der Waals surface area contributed by atoms with Crippen molar-refractivity contribution in [3.8, 4) is 0 Å². The molecule has 1 aliphatic rings. The average Bonchev–Trinajstić information content (AvgIpc) is 2.46. The molecule has 1 saturated carbocycles. The van der Waals surface area contributed by atoms with E-state index in [0.29, 0.717) is 0 Å². The van der Waals surface area contributed by atoms with Crippen LogP contribution in [0.25, 0.3) is 0 Å². The van der Waals surface area contributed by atoms with Gasteiger partial charge in [-0.15, -0.1) is 0 Å². The summed E-state index contributed by atoms with van der Waals surface area (Å²) < 4.78 is 0. The molecule has 0 unspecified atom stereocenters. The fourth-order valence-corrected chi connectivity index (χ4v) is 2.54. The number of nitrogens with one attached hydrogen (secondary N) is 2. The Hall–Kier alpha value is -1.36. The number of nitrogens with zero attached hydrogens (tertiary/aromatic N) is 2. The van der Waals surface area contributed by atoms with Gasteiger partial charge in [-0.05, 0) is 12.8 Å². The number of hydrogen-bond acceptors (Lipinski definition) is 5. The third kappa shape index (κ3) is 3.10. The Bertz CT molecular complexity index is 377. The molecule has 2 rings (SSSR count). The molecule has 1 aromatic rings. The molecule has 1 aliphatic carbocycles. The molecule has 0 saturated heterocycles. The van der Waals surface area contributed by atoms with E-state index < -0.39 is 0 Å². The molecule has 1 heterocycles. The van der Waals surface area contributed by atoms with Gasteiger partial charge >= 0.3 is 0 Å². The predicted molar refractivity (Wildman–Crippen MR) is 72.7 cm³/mol. The van der Waals surface area contributed by atoms with Crippen LogP contribution in [0.4, 0.5) is 11.6 Å². The Morgan fingerprint density at radius 2 is 1.94 bits per heavy atom. The van der Waals surface area contributed by atoms with E-state index in [4.69, 9.17) is 0 Å². The molecule has 0 aliphatic heterocycles. The summed E-state index contributed by atoms with van der Waals surface area (Å²) in [7, 11) is 1.82. The molecule has 3 N–H and O–H groups in total. The average molecular weight is 250 g/mol. The second-order valence-corrected chi connectivity index (χ2v) is 5.11. The highest BCUT2D eigenvalue weighted by Crippen LogP contribution is 2.35. The van der Waals surface area contributed by atoms with Gasteiger partial charge in [0.05, 0.1) is 19.0 Å². The number of aliphatic hydroxyl groups excluding tert-OH is 1. The van der Waals surface area contributed by atoms with Crippen LogP contribution in [-0.2, 0) is 0 Å². The third-order valence-corrected chi connectivity index (χ3v) is 3.78. The highest BCUT2D eigenvalue weighted by molar-refractivity contribution is 5.41. The highest BCUT2D eigenvalue weighted by atomic mass is 16.3. The van der Waals surface area contributed by atoms with Gasteiger partial charge < -0.3 is 15.7 Å². The van der Waals surface area contributed by atoms with Crippen molar-refractivity contribution < 1.29 is 5.11 Å². The minimum atomic E-state index is 0.0234. The molecule has 0 bridgehead atoms. The zero-order valence-electron chi connectivity index (χ0n) is 10.9. The summed E-state index contributed by atoms with van der Waals surface area (Å²) in [4.78, 5) is 8.49. The van der Waals surface area contributed by atoms with Gasteiger partial charge in [-0.1, -0.05) is 19.3 Å². The van der Waals surface area contributed by atoms with Gasteiger partial charge in [0.25, 0.3) is 0 Å². The first-order valence-electron chi connectivity index (χ1n) is 6.62. The summed E-state index contributed by atoms with van der Waals surface area (Å²) >= 11 is 0. The van der Waals surface area contributed by atoms with Crippen LogP contribution in [0.15, 0.2) is 12.4 Å². The van der Waals surface area contributed by atoms with Crippen molar-refractivity contribution in [2.24, 2.45) is 5.41 Å². The number of aliphatic hydroxyl groups is 1. The minimum Gasteiger partial charge on any atom is -0.396 e. The van der Waals surface area contributed by atoms with Crippen molar-refractivity contribution in [2.75, 3.05) is 30.8 Å². The number of rotatable bonds is 5. The van der Waals surface area contributed by atoms with Crippen molar-refractivity contribution in [3.05, 3.63) is 12.4 Å².